The fourth-order valence-corrected chi connectivity index (χ4v) is 1.55. The first-order valence-electron chi connectivity index (χ1n) is 5.65. The van der Waals surface area contributed by atoms with Gasteiger partial charge in [0.1, 0.15) is 0 Å². The topological polar surface area (TPSA) is 53.7 Å². The van der Waals surface area contributed by atoms with Crippen molar-refractivity contribution in [3.8, 4) is 0 Å². The summed E-state index contributed by atoms with van der Waals surface area (Å²) in [4.78, 5) is 0. The number of hydrogen-bond acceptors (Lipinski definition) is 4. The molecule has 0 aromatic rings. The van der Waals surface area contributed by atoms with Gasteiger partial charge in [0, 0.05) is 12.3 Å². The van der Waals surface area contributed by atoms with Crippen molar-refractivity contribution in [3.63, 3.8) is 0 Å². The van der Waals surface area contributed by atoms with E-state index in [2.05, 4.69) is 18.8 Å². The van der Waals surface area contributed by atoms with Crippen LogP contribution in [0, 0.1) is 0 Å². The van der Waals surface area contributed by atoms with E-state index in [4.69, 9.17) is 19.9 Å². The summed E-state index contributed by atoms with van der Waals surface area (Å²) in [5.74, 6) is 1.16. The number of rotatable bonds is 11. The average molecular weight is 253 g/mol. The molecule has 0 rings (SSSR count). The zero-order chi connectivity index (χ0) is 12.3. The average Bonchev–Trinajstić information content (AvgIpc) is 2.19. The van der Waals surface area contributed by atoms with Crippen molar-refractivity contribution < 1.29 is 14.2 Å². The molecular weight excluding hydrogens is 226 g/mol. The molecule has 0 aliphatic carbocycles. The lowest BCUT2D eigenvalue weighted by Gasteiger charge is -2.24. The fourth-order valence-electron chi connectivity index (χ4n) is 0.934. The fraction of sp³-hybridized carbons (Fsp3) is 1.00. The van der Waals surface area contributed by atoms with E-state index in [1.807, 2.05) is 0 Å². The molecule has 0 aromatic carbocycles. The molecule has 0 fully saturated rings. The normalized spacial score (nSPS) is 13.0. The largest absolute Gasteiger partial charge is 0.378 e. The molecule has 0 atom stereocenters. The molecule has 0 aromatic heterocycles. The molecule has 100 valence electrons. The second-order valence-electron chi connectivity index (χ2n) is 4.42. The van der Waals surface area contributed by atoms with Gasteiger partial charge in [0.05, 0.1) is 39.6 Å². The molecule has 2 N–H and O–H groups in total. The van der Waals surface area contributed by atoms with Crippen molar-refractivity contribution in [1.29, 1.82) is 0 Å². The van der Waals surface area contributed by atoms with Crippen molar-refractivity contribution >= 4 is 10.0 Å². The van der Waals surface area contributed by atoms with E-state index in [1.54, 1.807) is 0 Å². The molecule has 0 unspecified atom stereocenters. The van der Waals surface area contributed by atoms with E-state index in [0.717, 1.165) is 12.4 Å². The third kappa shape index (κ3) is 14.2. The van der Waals surface area contributed by atoms with Gasteiger partial charge < -0.3 is 19.9 Å². The van der Waals surface area contributed by atoms with Crippen LogP contribution >= 0.6 is 10.0 Å². The lowest BCUT2D eigenvalue weighted by molar-refractivity contribution is 0.0189. The molecule has 0 heterocycles. The SMILES string of the molecule is CS(C)(C)CCOCCOCCOCCN. The molecule has 16 heavy (non-hydrogen) atoms. The summed E-state index contributed by atoms with van der Waals surface area (Å²) in [7, 11) is -0.429. The van der Waals surface area contributed by atoms with Crippen LogP contribution in [0.3, 0.4) is 0 Å². The third-order valence-corrected chi connectivity index (χ3v) is 3.24. The Hall–Kier alpha value is 0.190. The second kappa shape index (κ2) is 10.4. The molecule has 0 aliphatic rings. The first-order valence-corrected chi connectivity index (χ1v) is 8.68. The lowest BCUT2D eigenvalue weighted by Crippen LogP contribution is -2.14. The summed E-state index contributed by atoms with van der Waals surface area (Å²) >= 11 is 0. The van der Waals surface area contributed by atoms with E-state index in [9.17, 15) is 0 Å². The first-order chi connectivity index (χ1) is 7.56. The van der Waals surface area contributed by atoms with Gasteiger partial charge in [-0.15, -0.1) is 0 Å². The first kappa shape index (κ1) is 16.2. The highest BCUT2D eigenvalue weighted by molar-refractivity contribution is 8.32. The van der Waals surface area contributed by atoms with E-state index < -0.39 is 10.0 Å². The Morgan fingerprint density at radius 1 is 0.750 bits per heavy atom. The van der Waals surface area contributed by atoms with E-state index in [0.29, 0.717) is 39.6 Å². The summed E-state index contributed by atoms with van der Waals surface area (Å²) in [5, 5.41) is 0. The van der Waals surface area contributed by atoms with E-state index in [-0.39, 0.29) is 0 Å². The minimum absolute atomic E-state index is 0.429. The van der Waals surface area contributed by atoms with Crippen LogP contribution in [-0.4, -0.2) is 70.7 Å². The van der Waals surface area contributed by atoms with Crippen molar-refractivity contribution in [2.75, 3.05) is 70.7 Å². The van der Waals surface area contributed by atoms with Gasteiger partial charge in [-0.25, -0.2) is 10.0 Å². The zero-order valence-electron chi connectivity index (χ0n) is 10.9. The van der Waals surface area contributed by atoms with Gasteiger partial charge in [-0.3, -0.25) is 0 Å². The van der Waals surface area contributed by atoms with Crippen molar-refractivity contribution in [2.45, 2.75) is 0 Å². The lowest BCUT2D eigenvalue weighted by atomic mass is 10.7. The van der Waals surface area contributed by atoms with Crippen LogP contribution in [-0.2, 0) is 14.2 Å². The molecule has 4 nitrogen and oxygen atoms in total. The van der Waals surface area contributed by atoms with Gasteiger partial charge in [-0.1, -0.05) is 0 Å². The monoisotopic (exact) mass is 253 g/mol. The summed E-state index contributed by atoms with van der Waals surface area (Å²) in [6, 6.07) is 0. The van der Waals surface area contributed by atoms with Crippen LogP contribution in [0.15, 0.2) is 0 Å². The minimum atomic E-state index is -0.429. The highest BCUT2D eigenvalue weighted by atomic mass is 32.3. The Kier molecular flexibility index (Phi) is 10.5. The Balaban J connectivity index is 2.99. The Labute approximate surface area is 101 Å². The van der Waals surface area contributed by atoms with Crippen molar-refractivity contribution in [3.05, 3.63) is 0 Å². The van der Waals surface area contributed by atoms with Gasteiger partial charge in [-0.05, 0) is 18.8 Å². The van der Waals surface area contributed by atoms with Crippen LogP contribution in [0.5, 0.6) is 0 Å². The molecule has 0 saturated heterocycles. The van der Waals surface area contributed by atoms with E-state index in [1.165, 1.54) is 0 Å². The van der Waals surface area contributed by atoms with Gasteiger partial charge in [0.25, 0.3) is 0 Å². The maximum Gasteiger partial charge on any atom is 0.0701 e. The zero-order valence-corrected chi connectivity index (χ0v) is 11.7. The van der Waals surface area contributed by atoms with E-state index >= 15 is 0 Å². The van der Waals surface area contributed by atoms with Gasteiger partial charge in [0.2, 0.25) is 0 Å². The van der Waals surface area contributed by atoms with Gasteiger partial charge in [-0.2, -0.15) is 0 Å². The van der Waals surface area contributed by atoms with Crippen LogP contribution in [0.1, 0.15) is 0 Å². The van der Waals surface area contributed by atoms with Crippen LogP contribution < -0.4 is 5.73 Å². The molecule has 0 aliphatic heterocycles. The Bertz CT molecular complexity index is 151. The molecule has 5 heteroatoms. The van der Waals surface area contributed by atoms with Gasteiger partial charge >= 0.3 is 0 Å². The smallest absolute Gasteiger partial charge is 0.0701 e. The van der Waals surface area contributed by atoms with Crippen LogP contribution in [0.4, 0.5) is 0 Å². The molecule has 0 bridgehead atoms. The maximum absolute atomic E-state index is 5.47. The number of hydrogen-bond donors (Lipinski definition) is 1. The second-order valence-corrected chi connectivity index (χ2v) is 9.01. The summed E-state index contributed by atoms with van der Waals surface area (Å²) in [6.07, 6.45) is 6.88. The van der Waals surface area contributed by atoms with Crippen LogP contribution in [0.25, 0.3) is 0 Å². The molecule has 0 radical (unpaired) electrons. The number of ether oxygens (including phenoxy) is 3. The molecule has 0 saturated carbocycles. The molecule has 0 amide bonds. The van der Waals surface area contributed by atoms with Gasteiger partial charge in [0.15, 0.2) is 0 Å². The number of nitrogens with two attached hydrogens (primary N) is 1. The predicted molar refractivity (Wildman–Crippen MR) is 71.7 cm³/mol. The molecular formula is C11H27NO3S. The van der Waals surface area contributed by atoms with Crippen molar-refractivity contribution in [2.24, 2.45) is 5.73 Å². The highest BCUT2D eigenvalue weighted by Crippen LogP contribution is 2.33. The Morgan fingerprint density at radius 3 is 1.62 bits per heavy atom. The highest BCUT2D eigenvalue weighted by Gasteiger charge is 2.02. The predicted octanol–water partition coefficient (Wildman–Crippen LogP) is 0.689. The molecule has 0 spiro atoms. The van der Waals surface area contributed by atoms with Crippen LogP contribution in [0.2, 0.25) is 0 Å². The van der Waals surface area contributed by atoms with Crippen molar-refractivity contribution in [1.82, 2.24) is 0 Å². The third-order valence-electron chi connectivity index (χ3n) is 1.85. The quantitative estimate of drug-likeness (QED) is 0.550. The Morgan fingerprint density at radius 2 is 1.19 bits per heavy atom. The summed E-state index contributed by atoms with van der Waals surface area (Å²) in [6.45, 7) is 4.56. The summed E-state index contributed by atoms with van der Waals surface area (Å²) < 4.78 is 16.0. The summed E-state index contributed by atoms with van der Waals surface area (Å²) in [5.41, 5.74) is 5.28. The standard InChI is InChI=1S/C11H27NO3S/c1-16(2,3)11-10-15-9-8-14-7-6-13-5-4-12/h4-12H2,1-3H3. The maximum atomic E-state index is 5.47. The minimum Gasteiger partial charge on any atom is -0.378 e.